The summed E-state index contributed by atoms with van der Waals surface area (Å²) >= 11 is 0. The predicted octanol–water partition coefficient (Wildman–Crippen LogP) is 0.959. The van der Waals surface area contributed by atoms with Crippen LogP contribution in [0.3, 0.4) is 0 Å². The van der Waals surface area contributed by atoms with Crippen molar-refractivity contribution < 1.29 is 17.9 Å². The maximum Gasteiger partial charge on any atom is 0.314 e. The maximum atomic E-state index is 11.7. The highest BCUT2D eigenvalue weighted by Crippen LogP contribution is 2.29. The fraction of sp³-hybridized carbons (Fsp3) is 0.500. The molecular formula is C16H24N4O4S. The molecule has 2 rings (SSSR count). The van der Waals surface area contributed by atoms with Crippen molar-refractivity contribution in [2.75, 3.05) is 19.7 Å². The summed E-state index contributed by atoms with van der Waals surface area (Å²) in [7, 11) is -3.58. The molecule has 4 N–H and O–H groups in total. The molecule has 0 bridgehead atoms. The molecular weight excluding hydrogens is 344 g/mol. The molecule has 1 aliphatic heterocycles. The van der Waals surface area contributed by atoms with Crippen LogP contribution in [0.4, 0.5) is 4.79 Å². The molecule has 1 aromatic rings. The van der Waals surface area contributed by atoms with Crippen molar-refractivity contribution in [3.05, 3.63) is 29.3 Å². The van der Waals surface area contributed by atoms with Gasteiger partial charge in [-0.2, -0.15) is 0 Å². The molecule has 1 aliphatic rings. The summed E-state index contributed by atoms with van der Waals surface area (Å²) in [6.07, 6.45) is 0. The summed E-state index contributed by atoms with van der Waals surface area (Å²) in [4.78, 5) is 11.5. The molecule has 138 valence electrons. The number of amidine groups is 1. The Morgan fingerprint density at radius 3 is 2.76 bits per heavy atom. The summed E-state index contributed by atoms with van der Waals surface area (Å²) in [6.45, 7) is 7.05. The van der Waals surface area contributed by atoms with E-state index in [1.165, 1.54) is 0 Å². The van der Waals surface area contributed by atoms with Gasteiger partial charge in [-0.25, -0.2) is 13.2 Å². The summed E-state index contributed by atoms with van der Waals surface area (Å²) in [5, 5.41) is 5.45. The molecule has 0 saturated heterocycles. The van der Waals surface area contributed by atoms with Crippen molar-refractivity contribution in [1.29, 1.82) is 0 Å². The topological polar surface area (TPSA) is 123 Å². The van der Waals surface area contributed by atoms with E-state index >= 15 is 0 Å². The molecule has 0 aromatic heterocycles. The number of rotatable bonds is 6. The van der Waals surface area contributed by atoms with Crippen LogP contribution in [0.25, 0.3) is 0 Å². The van der Waals surface area contributed by atoms with Gasteiger partial charge in [0.15, 0.2) is 0 Å². The van der Waals surface area contributed by atoms with E-state index in [0.29, 0.717) is 36.6 Å². The van der Waals surface area contributed by atoms with E-state index in [2.05, 4.69) is 15.0 Å². The highest BCUT2D eigenvalue weighted by Gasteiger charge is 2.26. The number of amides is 2. The molecule has 0 fully saturated rings. The highest BCUT2D eigenvalue weighted by atomic mass is 32.2. The molecule has 1 heterocycles. The van der Waals surface area contributed by atoms with Gasteiger partial charge >= 0.3 is 6.03 Å². The Morgan fingerprint density at radius 1 is 1.36 bits per heavy atom. The van der Waals surface area contributed by atoms with E-state index in [0.717, 1.165) is 0 Å². The van der Waals surface area contributed by atoms with Crippen LogP contribution in [-0.4, -0.2) is 40.0 Å². The van der Waals surface area contributed by atoms with Crippen molar-refractivity contribution in [3.8, 4) is 5.75 Å². The summed E-state index contributed by atoms with van der Waals surface area (Å²) in [6, 6.07) is 4.92. The normalized spacial score (nSPS) is 15.7. The lowest BCUT2D eigenvalue weighted by Gasteiger charge is -2.26. The van der Waals surface area contributed by atoms with Gasteiger partial charge < -0.3 is 21.1 Å². The smallest absolute Gasteiger partial charge is 0.314 e. The minimum absolute atomic E-state index is 0.0601. The Balaban J connectivity index is 2.08. The molecule has 25 heavy (non-hydrogen) atoms. The largest absolute Gasteiger partial charge is 0.492 e. The maximum absolute atomic E-state index is 11.7. The average molecular weight is 368 g/mol. The Kier molecular flexibility index (Phi) is 5.56. The highest BCUT2D eigenvalue weighted by molar-refractivity contribution is 7.89. The number of fused-ring (bicyclic) bond motifs is 1. The monoisotopic (exact) mass is 368 g/mol. The molecule has 0 aliphatic carbocycles. The van der Waals surface area contributed by atoms with Gasteiger partial charge in [-0.15, -0.1) is 4.40 Å². The first-order chi connectivity index (χ1) is 11.6. The second kappa shape index (κ2) is 7.30. The number of urea groups is 1. The second-order valence-electron chi connectivity index (χ2n) is 6.66. The molecule has 0 radical (unpaired) electrons. The quantitative estimate of drug-likeness (QED) is 0.690. The number of nitrogens with two attached hydrogens (primary N) is 1. The first-order valence-corrected chi connectivity index (χ1v) is 9.59. The van der Waals surface area contributed by atoms with Crippen LogP contribution >= 0.6 is 0 Å². The van der Waals surface area contributed by atoms with Crippen LogP contribution in [0.2, 0.25) is 0 Å². The minimum atomic E-state index is -3.58. The summed E-state index contributed by atoms with van der Waals surface area (Å²) < 4.78 is 32.8. The van der Waals surface area contributed by atoms with E-state index in [4.69, 9.17) is 10.5 Å². The van der Waals surface area contributed by atoms with Crippen LogP contribution in [-0.2, 0) is 15.8 Å². The summed E-state index contributed by atoms with van der Waals surface area (Å²) in [5.41, 5.74) is 6.58. The number of carbonyl (C=O) groups excluding carboxylic acids is 1. The molecule has 0 unspecified atom stereocenters. The van der Waals surface area contributed by atoms with Crippen molar-refractivity contribution >= 4 is 21.9 Å². The van der Waals surface area contributed by atoms with Crippen molar-refractivity contribution in [1.82, 2.24) is 10.6 Å². The average Bonchev–Trinajstić information content (AvgIpc) is 2.50. The van der Waals surface area contributed by atoms with Crippen LogP contribution in [0.1, 0.15) is 31.9 Å². The van der Waals surface area contributed by atoms with Gasteiger partial charge in [0.1, 0.15) is 11.6 Å². The Hall–Kier alpha value is -2.29. The number of carbonyl (C=O) groups is 1. The first-order valence-electron chi connectivity index (χ1n) is 7.98. The number of benzene rings is 1. The van der Waals surface area contributed by atoms with E-state index in [-0.39, 0.29) is 23.0 Å². The van der Waals surface area contributed by atoms with Crippen LogP contribution < -0.4 is 21.1 Å². The van der Waals surface area contributed by atoms with Gasteiger partial charge in [-0.1, -0.05) is 26.0 Å². The molecule has 0 saturated carbocycles. The van der Waals surface area contributed by atoms with E-state index in [1.54, 1.807) is 18.2 Å². The fourth-order valence-corrected chi connectivity index (χ4v) is 3.49. The zero-order valence-corrected chi connectivity index (χ0v) is 15.4. The molecule has 0 spiro atoms. The van der Waals surface area contributed by atoms with Crippen LogP contribution in [0.15, 0.2) is 22.6 Å². The standard InChI is InChI=1S/C16H24N4O4S/c1-4-18-15(21)19-9-16(2,3)10-24-12-7-5-6-11-8-25(22,23)20-14(17)13(11)12/h5-7H,4,8-10H2,1-3H3,(H2,17,20)(H2,18,19,21). The Bertz CT molecular complexity index is 787. The van der Waals surface area contributed by atoms with Gasteiger partial charge in [0.05, 0.1) is 17.9 Å². The minimum Gasteiger partial charge on any atom is -0.492 e. The van der Waals surface area contributed by atoms with Gasteiger partial charge in [0.25, 0.3) is 10.0 Å². The number of sulfonamides is 1. The Morgan fingerprint density at radius 2 is 2.08 bits per heavy atom. The van der Waals surface area contributed by atoms with Crippen molar-refractivity contribution in [3.63, 3.8) is 0 Å². The first kappa shape index (κ1) is 19.0. The van der Waals surface area contributed by atoms with Crippen LogP contribution in [0.5, 0.6) is 5.75 Å². The molecule has 1 aromatic carbocycles. The lowest BCUT2D eigenvalue weighted by atomic mass is 9.95. The lowest BCUT2D eigenvalue weighted by molar-refractivity contribution is 0.175. The molecule has 0 atom stereocenters. The zero-order valence-electron chi connectivity index (χ0n) is 14.6. The second-order valence-corrected chi connectivity index (χ2v) is 8.29. The van der Waals surface area contributed by atoms with Gasteiger partial charge in [0, 0.05) is 18.5 Å². The van der Waals surface area contributed by atoms with Gasteiger partial charge in [-0.05, 0) is 18.6 Å². The van der Waals surface area contributed by atoms with E-state index in [9.17, 15) is 13.2 Å². The summed E-state index contributed by atoms with van der Waals surface area (Å²) in [5.74, 6) is 0.234. The van der Waals surface area contributed by atoms with E-state index < -0.39 is 10.0 Å². The van der Waals surface area contributed by atoms with E-state index in [1.807, 2.05) is 20.8 Å². The fourth-order valence-electron chi connectivity index (χ4n) is 2.40. The Labute approximate surface area is 147 Å². The third-order valence-corrected chi connectivity index (χ3v) is 4.78. The molecule has 2 amide bonds. The predicted molar refractivity (Wildman–Crippen MR) is 96.1 cm³/mol. The number of hydrogen-bond acceptors (Lipinski definition) is 5. The molecule has 8 nitrogen and oxygen atoms in total. The zero-order chi connectivity index (χ0) is 18.7. The van der Waals surface area contributed by atoms with Gasteiger partial charge in [-0.3, -0.25) is 0 Å². The number of hydrogen-bond donors (Lipinski definition) is 3. The van der Waals surface area contributed by atoms with Crippen molar-refractivity contribution in [2.45, 2.75) is 26.5 Å². The number of ether oxygens (including phenoxy) is 1. The lowest BCUT2D eigenvalue weighted by Crippen LogP contribution is -2.42. The SMILES string of the molecule is CCNC(=O)NCC(C)(C)COc1cccc2c1C(N)=NS(=O)(=O)C2. The van der Waals surface area contributed by atoms with Crippen LogP contribution in [0, 0.1) is 5.41 Å². The third kappa shape index (κ3) is 5.09. The van der Waals surface area contributed by atoms with Crippen molar-refractivity contribution in [2.24, 2.45) is 15.5 Å². The number of nitrogens with one attached hydrogen (secondary N) is 2. The molecule has 9 heteroatoms. The van der Waals surface area contributed by atoms with Gasteiger partial charge in [0.2, 0.25) is 0 Å². The number of nitrogens with zero attached hydrogens (tertiary/aromatic N) is 1. The third-order valence-electron chi connectivity index (χ3n) is 3.63.